The molecule has 2 aromatic heterocycles. The Kier molecular flexibility index (Phi) is 6.37. The van der Waals surface area contributed by atoms with Crippen LogP contribution in [0.25, 0.3) is 22.1 Å². The number of carbonyl (C=O) groups is 1. The Hall–Kier alpha value is -5.00. The normalized spacial score (nSPS) is 12.1. The number of aromatic amines is 1. The molecule has 12 heteroatoms. The van der Waals surface area contributed by atoms with Gasteiger partial charge < -0.3 is 24.7 Å². The van der Waals surface area contributed by atoms with Crippen LogP contribution in [-0.4, -0.2) is 48.6 Å². The van der Waals surface area contributed by atoms with Crippen molar-refractivity contribution in [3.8, 4) is 11.5 Å². The van der Waals surface area contributed by atoms with E-state index in [1.54, 1.807) is 30.3 Å². The molecule has 2 heterocycles. The van der Waals surface area contributed by atoms with Gasteiger partial charge in [-0.2, -0.15) is 0 Å². The number of phenolic OH excluding ortho intramolecular Hbond substituents is 1. The number of fused-ring (bicyclic) bond motifs is 2. The number of hydrogen-bond acceptors (Lipinski definition) is 7. The third-order valence-electron chi connectivity index (χ3n) is 6.25. The molecule has 0 spiro atoms. The van der Waals surface area contributed by atoms with E-state index < -0.39 is 16.5 Å². The largest absolute Gasteiger partial charge is 0.505 e. The number of nitrogens with one attached hydrogen (secondary N) is 2. The maximum absolute atomic E-state index is 13.7. The molecule has 1 amide bonds. The number of carbonyl (C=O) groups excluding carboxylic acids is 1. The predicted octanol–water partition coefficient (Wildman–Crippen LogP) is 4.16. The quantitative estimate of drug-likeness (QED) is 0.159. The molecule has 38 heavy (non-hydrogen) atoms. The number of imidazole rings is 2. The molecule has 0 saturated carbocycles. The van der Waals surface area contributed by atoms with Crippen molar-refractivity contribution in [2.45, 2.75) is 12.8 Å². The third-order valence-corrected chi connectivity index (χ3v) is 6.25. The van der Waals surface area contributed by atoms with E-state index in [1.165, 1.54) is 24.3 Å². The number of H-pyrrole nitrogens is 1. The highest BCUT2D eigenvalue weighted by Crippen LogP contribution is 2.29. The van der Waals surface area contributed by atoms with Crippen molar-refractivity contribution >= 4 is 33.7 Å². The second-order valence-electron chi connectivity index (χ2n) is 8.73. The SMILES string of the molecule is CC(c1nc2cc(F)c(O)cc2[nH]1)c1nc2ccc(C(=O)NCCOc3ccccc3[N+](=O)[O-])cc2n1C. The number of halogens is 1. The molecule has 194 valence electrons. The summed E-state index contributed by atoms with van der Waals surface area (Å²) in [4.78, 5) is 35.6. The molecular weight excluding hydrogens is 495 g/mol. The van der Waals surface area contributed by atoms with Gasteiger partial charge in [0, 0.05) is 30.8 Å². The number of amides is 1. The van der Waals surface area contributed by atoms with E-state index in [2.05, 4.69) is 15.3 Å². The van der Waals surface area contributed by atoms with E-state index in [0.717, 1.165) is 5.52 Å². The zero-order valence-electron chi connectivity index (χ0n) is 20.4. The van der Waals surface area contributed by atoms with Crippen LogP contribution in [0.2, 0.25) is 0 Å². The lowest BCUT2D eigenvalue weighted by atomic mass is 10.1. The minimum atomic E-state index is -0.746. The van der Waals surface area contributed by atoms with Gasteiger partial charge in [-0.1, -0.05) is 12.1 Å². The fourth-order valence-electron chi connectivity index (χ4n) is 4.26. The Morgan fingerprint density at radius 3 is 2.79 bits per heavy atom. The molecule has 0 bridgehead atoms. The highest BCUT2D eigenvalue weighted by Gasteiger charge is 2.21. The first-order valence-electron chi connectivity index (χ1n) is 11.7. The molecule has 1 unspecified atom stereocenters. The van der Waals surface area contributed by atoms with Crippen LogP contribution in [0.15, 0.2) is 54.6 Å². The lowest BCUT2D eigenvalue weighted by Gasteiger charge is -2.09. The zero-order chi connectivity index (χ0) is 27.0. The maximum atomic E-state index is 13.7. The fraction of sp³-hybridized carbons (Fsp3) is 0.192. The molecule has 0 aliphatic rings. The number of rotatable bonds is 8. The molecule has 1 atom stereocenters. The summed E-state index contributed by atoms with van der Waals surface area (Å²) >= 11 is 0. The topological polar surface area (TPSA) is 148 Å². The van der Waals surface area contributed by atoms with E-state index in [9.17, 15) is 24.4 Å². The lowest BCUT2D eigenvalue weighted by molar-refractivity contribution is -0.385. The van der Waals surface area contributed by atoms with Crippen LogP contribution in [0.5, 0.6) is 11.5 Å². The molecule has 11 nitrogen and oxygen atoms in total. The van der Waals surface area contributed by atoms with Gasteiger partial charge in [0.25, 0.3) is 5.91 Å². The molecular formula is C26H23FN6O5. The van der Waals surface area contributed by atoms with Gasteiger partial charge in [-0.15, -0.1) is 0 Å². The number of nitrogens with zero attached hydrogens (tertiary/aromatic N) is 4. The maximum Gasteiger partial charge on any atom is 0.310 e. The number of nitro benzene ring substituents is 1. The summed E-state index contributed by atoms with van der Waals surface area (Å²) in [5, 5.41) is 23.5. The number of benzene rings is 3. The second-order valence-corrected chi connectivity index (χ2v) is 8.73. The summed E-state index contributed by atoms with van der Waals surface area (Å²) in [6, 6.07) is 13.6. The molecule has 0 radical (unpaired) electrons. The van der Waals surface area contributed by atoms with Gasteiger partial charge in [-0.25, -0.2) is 14.4 Å². The molecule has 3 N–H and O–H groups in total. The summed E-state index contributed by atoms with van der Waals surface area (Å²) in [5.41, 5.74) is 2.60. The van der Waals surface area contributed by atoms with Crippen molar-refractivity contribution in [3.63, 3.8) is 0 Å². The summed E-state index contributed by atoms with van der Waals surface area (Å²) in [5.74, 6) is -0.448. The smallest absolute Gasteiger partial charge is 0.310 e. The number of aryl methyl sites for hydroxylation is 1. The number of ether oxygens (including phenoxy) is 1. The molecule has 0 fully saturated rings. The van der Waals surface area contributed by atoms with E-state index >= 15 is 0 Å². The van der Waals surface area contributed by atoms with Crippen molar-refractivity contribution in [3.05, 3.63) is 87.7 Å². The van der Waals surface area contributed by atoms with Crippen LogP contribution in [0.4, 0.5) is 10.1 Å². The average Bonchev–Trinajstić information content (AvgIpc) is 3.46. The van der Waals surface area contributed by atoms with Crippen molar-refractivity contribution in [2.24, 2.45) is 7.05 Å². The molecule has 5 rings (SSSR count). The van der Waals surface area contributed by atoms with Gasteiger partial charge in [0.2, 0.25) is 0 Å². The van der Waals surface area contributed by atoms with E-state index in [1.807, 2.05) is 18.5 Å². The molecule has 3 aromatic carbocycles. The summed E-state index contributed by atoms with van der Waals surface area (Å²) in [6.45, 7) is 2.12. The van der Waals surface area contributed by atoms with Crippen LogP contribution < -0.4 is 10.1 Å². The predicted molar refractivity (Wildman–Crippen MR) is 137 cm³/mol. The first-order chi connectivity index (χ1) is 18.2. The molecule has 0 aliphatic heterocycles. The summed E-state index contributed by atoms with van der Waals surface area (Å²) < 4.78 is 21.1. The molecule has 0 saturated heterocycles. The van der Waals surface area contributed by atoms with Crippen LogP contribution >= 0.6 is 0 Å². The minimum absolute atomic E-state index is 0.0609. The van der Waals surface area contributed by atoms with Crippen molar-refractivity contribution in [1.82, 2.24) is 24.8 Å². The summed E-state index contributed by atoms with van der Waals surface area (Å²) in [6.07, 6.45) is 0. The number of hydrogen-bond donors (Lipinski definition) is 3. The van der Waals surface area contributed by atoms with Gasteiger partial charge in [0.15, 0.2) is 17.3 Å². The Labute approximate surface area is 215 Å². The molecule has 0 aliphatic carbocycles. The monoisotopic (exact) mass is 518 g/mol. The first kappa shape index (κ1) is 24.7. The first-order valence-corrected chi connectivity index (χ1v) is 11.7. The Morgan fingerprint density at radius 1 is 1.21 bits per heavy atom. The Morgan fingerprint density at radius 2 is 2.00 bits per heavy atom. The number of phenols is 1. The van der Waals surface area contributed by atoms with Gasteiger partial charge in [-0.3, -0.25) is 14.9 Å². The second kappa shape index (κ2) is 9.81. The summed E-state index contributed by atoms with van der Waals surface area (Å²) in [7, 11) is 1.83. The van der Waals surface area contributed by atoms with Crippen LogP contribution in [0, 0.1) is 15.9 Å². The fourth-order valence-corrected chi connectivity index (χ4v) is 4.26. The van der Waals surface area contributed by atoms with Crippen molar-refractivity contribution in [1.29, 1.82) is 0 Å². The zero-order valence-corrected chi connectivity index (χ0v) is 20.4. The standard InChI is InChI=1S/C26H23FN6O5/c1-14(24-29-18-12-16(27)22(34)13-19(18)30-24)25-31-17-8-7-15(11-21(17)32(25)2)26(35)28-9-10-38-23-6-4-3-5-20(23)33(36)37/h3-8,11-14,34H,9-10H2,1-2H3,(H,28,35)(H,29,30). The Balaban J connectivity index is 1.29. The van der Waals surface area contributed by atoms with Crippen molar-refractivity contribution in [2.75, 3.05) is 13.2 Å². The Bertz CT molecular complexity index is 1660. The minimum Gasteiger partial charge on any atom is -0.505 e. The highest BCUT2D eigenvalue weighted by molar-refractivity contribution is 5.97. The number of aromatic nitrogens is 4. The van der Waals surface area contributed by atoms with Gasteiger partial charge in [0.05, 0.1) is 39.5 Å². The van der Waals surface area contributed by atoms with Crippen LogP contribution in [-0.2, 0) is 7.05 Å². The number of nitro groups is 1. The number of aromatic hydroxyl groups is 1. The van der Waals surface area contributed by atoms with Gasteiger partial charge in [-0.05, 0) is 31.2 Å². The van der Waals surface area contributed by atoms with Crippen LogP contribution in [0.3, 0.4) is 0 Å². The number of para-hydroxylation sites is 2. The van der Waals surface area contributed by atoms with Crippen molar-refractivity contribution < 1.29 is 24.0 Å². The van der Waals surface area contributed by atoms with Crippen LogP contribution in [0.1, 0.15) is 34.8 Å². The highest BCUT2D eigenvalue weighted by atomic mass is 19.1. The average molecular weight is 519 g/mol. The molecule has 5 aromatic rings. The van der Waals surface area contributed by atoms with E-state index in [-0.39, 0.29) is 36.4 Å². The van der Waals surface area contributed by atoms with Gasteiger partial charge >= 0.3 is 5.69 Å². The van der Waals surface area contributed by atoms with E-state index in [0.29, 0.717) is 33.8 Å². The van der Waals surface area contributed by atoms with Gasteiger partial charge in [0.1, 0.15) is 18.3 Å². The van der Waals surface area contributed by atoms with E-state index in [4.69, 9.17) is 9.72 Å². The third kappa shape index (κ3) is 4.59. The lowest BCUT2D eigenvalue weighted by Crippen LogP contribution is -2.28.